The molecule has 0 aliphatic carbocycles. The molecule has 15 heavy (non-hydrogen) atoms. The summed E-state index contributed by atoms with van der Waals surface area (Å²) < 4.78 is 1.83. The lowest BCUT2D eigenvalue weighted by molar-refractivity contribution is 1.25. The predicted octanol–water partition coefficient (Wildman–Crippen LogP) is 3.49. The van der Waals surface area contributed by atoms with Crippen LogP contribution in [0.1, 0.15) is 5.69 Å². The van der Waals surface area contributed by atoms with Gasteiger partial charge in [-0.3, -0.25) is 0 Å². The number of hydrogen-bond donors (Lipinski definition) is 2. The molecule has 3 nitrogen and oxygen atoms in total. The van der Waals surface area contributed by atoms with E-state index in [0.717, 1.165) is 26.0 Å². The lowest BCUT2D eigenvalue weighted by Gasteiger charge is -2.05. The van der Waals surface area contributed by atoms with Gasteiger partial charge in [0.2, 0.25) is 0 Å². The Morgan fingerprint density at radius 1 is 1.33 bits per heavy atom. The first kappa shape index (κ1) is 10.7. The largest absolute Gasteiger partial charge is 0.397 e. The van der Waals surface area contributed by atoms with Crippen molar-refractivity contribution in [3.05, 3.63) is 33.0 Å². The molecule has 78 valence electrons. The number of H-pyrrole nitrogens is 1. The number of aryl methyl sites for hydroxylation is 1. The molecule has 2 rings (SSSR count). The van der Waals surface area contributed by atoms with E-state index in [1.807, 2.05) is 19.1 Å². The maximum atomic E-state index is 5.97. The number of rotatable bonds is 1. The van der Waals surface area contributed by atoms with Crippen LogP contribution in [-0.4, -0.2) is 9.97 Å². The van der Waals surface area contributed by atoms with Gasteiger partial charge in [0.1, 0.15) is 5.82 Å². The van der Waals surface area contributed by atoms with Gasteiger partial charge < -0.3 is 10.7 Å². The summed E-state index contributed by atoms with van der Waals surface area (Å²) in [6.07, 6.45) is 1.78. The number of halogens is 2. The number of nitrogen functional groups attached to an aromatic ring is 1. The molecular formula is C10H9Br2N3. The number of aromatic amines is 1. The van der Waals surface area contributed by atoms with Gasteiger partial charge >= 0.3 is 0 Å². The average molecular weight is 331 g/mol. The summed E-state index contributed by atoms with van der Waals surface area (Å²) >= 11 is 6.83. The second-order valence-electron chi connectivity index (χ2n) is 3.26. The highest BCUT2D eigenvalue weighted by Crippen LogP contribution is 2.33. The Bertz CT molecular complexity index is 505. The second-order valence-corrected chi connectivity index (χ2v) is 5.03. The summed E-state index contributed by atoms with van der Waals surface area (Å²) in [6.45, 7) is 1.96. The Morgan fingerprint density at radius 3 is 2.67 bits per heavy atom. The van der Waals surface area contributed by atoms with Crippen molar-refractivity contribution in [3.63, 3.8) is 0 Å². The Labute approximate surface area is 104 Å². The third-order valence-electron chi connectivity index (χ3n) is 2.05. The van der Waals surface area contributed by atoms with E-state index >= 15 is 0 Å². The van der Waals surface area contributed by atoms with Gasteiger partial charge in [0.05, 0.1) is 5.69 Å². The highest BCUT2D eigenvalue weighted by Gasteiger charge is 2.09. The zero-order valence-electron chi connectivity index (χ0n) is 8.01. The van der Waals surface area contributed by atoms with Crippen LogP contribution in [0.4, 0.5) is 5.69 Å². The molecule has 0 aliphatic heterocycles. The number of hydrogen-bond acceptors (Lipinski definition) is 2. The zero-order valence-corrected chi connectivity index (χ0v) is 11.2. The predicted molar refractivity (Wildman–Crippen MR) is 68.6 cm³/mol. The third-order valence-corrected chi connectivity index (χ3v) is 3.17. The highest BCUT2D eigenvalue weighted by molar-refractivity contribution is 9.11. The van der Waals surface area contributed by atoms with Gasteiger partial charge in [0.15, 0.2) is 0 Å². The first-order valence-corrected chi connectivity index (χ1v) is 5.93. The Kier molecular flexibility index (Phi) is 2.84. The van der Waals surface area contributed by atoms with Gasteiger partial charge in [-0.05, 0) is 35.0 Å². The van der Waals surface area contributed by atoms with Crippen molar-refractivity contribution in [2.75, 3.05) is 5.73 Å². The van der Waals surface area contributed by atoms with Crippen LogP contribution >= 0.6 is 31.9 Å². The molecular weight excluding hydrogens is 322 g/mol. The Balaban J connectivity index is 2.62. The zero-order chi connectivity index (χ0) is 11.0. The minimum Gasteiger partial charge on any atom is -0.397 e. The van der Waals surface area contributed by atoms with Gasteiger partial charge in [0, 0.05) is 26.4 Å². The van der Waals surface area contributed by atoms with E-state index in [1.54, 1.807) is 6.20 Å². The Hall–Kier alpha value is -0.810. The van der Waals surface area contributed by atoms with Gasteiger partial charge in [0.25, 0.3) is 0 Å². The van der Waals surface area contributed by atoms with Gasteiger partial charge in [-0.25, -0.2) is 4.98 Å². The number of nitrogens with two attached hydrogens (primary N) is 1. The number of benzene rings is 1. The summed E-state index contributed by atoms with van der Waals surface area (Å²) in [5, 5.41) is 0. The second kappa shape index (κ2) is 3.98. The van der Waals surface area contributed by atoms with Crippen molar-refractivity contribution in [1.82, 2.24) is 9.97 Å². The Morgan fingerprint density at radius 2 is 2.07 bits per heavy atom. The number of nitrogens with one attached hydrogen (secondary N) is 1. The topological polar surface area (TPSA) is 54.7 Å². The molecule has 0 aliphatic rings. The van der Waals surface area contributed by atoms with Crippen molar-refractivity contribution in [2.45, 2.75) is 6.92 Å². The molecule has 0 atom stereocenters. The number of aromatic nitrogens is 2. The van der Waals surface area contributed by atoms with Gasteiger partial charge in [-0.2, -0.15) is 0 Å². The number of anilines is 1. The SMILES string of the molecule is Cc1cnc(-c2cc(Br)cc(Br)c2N)[nH]1. The standard InChI is InChI=1S/C10H9Br2N3/c1-5-4-14-10(15-5)7-2-6(11)3-8(12)9(7)13/h2-4H,13H2,1H3,(H,14,15). The lowest BCUT2D eigenvalue weighted by Crippen LogP contribution is -1.93. The summed E-state index contributed by atoms with van der Waals surface area (Å²) in [5.41, 5.74) is 8.56. The summed E-state index contributed by atoms with van der Waals surface area (Å²) in [5.74, 6) is 0.784. The van der Waals surface area contributed by atoms with E-state index in [0.29, 0.717) is 5.69 Å². The van der Waals surface area contributed by atoms with E-state index in [2.05, 4.69) is 41.8 Å². The van der Waals surface area contributed by atoms with Crippen LogP contribution in [0.5, 0.6) is 0 Å². The normalized spacial score (nSPS) is 10.6. The van der Waals surface area contributed by atoms with Crippen molar-refractivity contribution in [2.24, 2.45) is 0 Å². The van der Waals surface area contributed by atoms with E-state index in [1.165, 1.54) is 0 Å². The molecule has 1 heterocycles. The fraction of sp³-hybridized carbons (Fsp3) is 0.100. The van der Waals surface area contributed by atoms with E-state index in [9.17, 15) is 0 Å². The van der Waals surface area contributed by atoms with Gasteiger partial charge in [-0.15, -0.1) is 0 Å². The molecule has 1 aromatic heterocycles. The van der Waals surface area contributed by atoms with Crippen molar-refractivity contribution in [1.29, 1.82) is 0 Å². The maximum Gasteiger partial charge on any atom is 0.139 e. The molecule has 0 unspecified atom stereocenters. The van der Waals surface area contributed by atoms with Crippen LogP contribution in [0, 0.1) is 6.92 Å². The summed E-state index contributed by atoms with van der Waals surface area (Å²) in [7, 11) is 0. The molecule has 1 aromatic carbocycles. The molecule has 2 aromatic rings. The number of nitrogens with zero attached hydrogens (tertiary/aromatic N) is 1. The number of imidazole rings is 1. The van der Waals surface area contributed by atoms with Crippen molar-refractivity contribution in [3.8, 4) is 11.4 Å². The van der Waals surface area contributed by atoms with Crippen molar-refractivity contribution < 1.29 is 0 Å². The summed E-state index contributed by atoms with van der Waals surface area (Å²) in [4.78, 5) is 7.41. The summed E-state index contributed by atoms with van der Waals surface area (Å²) in [6, 6.07) is 3.85. The molecule has 5 heteroatoms. The first-order chi connectivity index (χ1) is 7.08. The van der Waals surface area contributed by atoms with Crippen molar-refractivity contribution >= 4 is 37.5 Å². The van der Waals surface area contributed by atoms with Crippen LogP contribution in [0.25, 0.3) is 11.4 Å². The van der Waals surface area contributed by atoms with Crippen LogP contribution in [0.3, 0.4) is 0 Å². The molecule has 0 radical (unpaired) electrons. The third kappa shape index (κ3) is 2.08. The van der Waals surface area contributed by atoms with E-state index < -0.39 is 0 Å². The maximum absolute atomic E-state index is 5.97. The molecule has 0 fully saturated rings. The molecule has 0 saturated carbocycles. The van der Waals surface area contributed by atoms with E-state index in [-0.39, 0.29) is 0 Å². The lowest BCUT2D eigenvalue weighted by atomic mass is 10.2. The highest BCUT2D eigenvalue weighted by atomic mass is 79.9. The quantitative estimate of drug-likeness (QED) is 0.786. The fourth-order valence-electron chi connectivity index (χ4n) is 1.33. The molecule has 3 N–H and O–H groups in total. The van der Waals surface area contributed by atoms with Crippen LogP contribution in [0.2, 0.25) is 0 Å². The van der Waals surface area contributed by atoms with Crippen LogP contribution in [0.15, 0.2) is 27.3 Å². The molecule has 0 bridgehead atoms. The monoisotopic (exact) mass is 329 g/mol. The van der Waals surface area contributed by atoms with Crippen LogP contribution < -0.4 is 5.73 Å². The fourth-order valence-corrected chi connectivity index (χ4v) is 2.56. The minimum absolute atomic E-state index is 0.688. The minimum atomic E-state index is 0.688. The molecule has 0 amide bonds. The molecule has 0 saturated heterocycles. The average Bonchev–Trinajstić information content (AvgIpc) is 2.58. The van der Waals surface area contributed by atoms with Crippen LogP contribution in [-0.2, 0) is 0 Å². The van der Waals surface area contributed by atoms with E-state index in [4.69, 9.17) is 5.73 Å². The first-order valence-electron chi connectivity index (χ1n) is 4.34. The smallest absolute Gasteiger partial charge is 0.139 e. The molecule has 0 spiro atoms. The van der Waals surface area contributed by atoms with Gasteiger partial charge in [-0.1, -0.05) is 15.9 Å².